The molecule has 0 aromatic carbocycles. The molecule has 0 atom stereocenters. The minimum Gasteiger partial charge on any atom is -0.461 e. The van der Waals surface area contributed by atoms with Crippen LogP contribution in [-0.4, -0.2) is 40.0 Å². The van der Waals surface area contributed by atoms with Crippen LogP contribution in [-0.2, 0) is 0 Å². The number of amides is 1. The molecule has 0 radical (unpaired) electrons. The molecule has 0 bridgehead atoms. The van der Waals surface area contributed by atoms with Gasteiger partial charge in [0.05, 0.1) is 25.0 Å². The number of furan rings is 1. The Morgan fingerprint density at radius 1 is 1.42 bits per heavy atom. The molecule has 2 rings (SSSR count). The van der Waals surface area contributed by atoms with Crippen molar-refractivity contribution in [3.05, 3.63) is 30.2 Å². The molecule has 0 aliphatic rings. The molecule has 1 amide bonds. The van der Waals surface area contributed by atoms with Crippen LogP contribution in [0, 0.1) is 0 Å². The zero-order chi connectivity index (χ0) is 13.9. The smallest absolute Gasteiger partial charge is 0.274 e. The minimum absolute atomic E-state index is 0.0412. The molecular formula is C12H14N2O5. The fourth-order valence-corrected chi connectivity index (χ4v) is 1.38. The molecule has 19 heavy (non-hydrogen) atoms. The van der Waals surface area contributed by atoms with Crippen molar-refractivity contribution in [3.8, 4) is 11.5 Å². The van der Waals surface area contributed by atoms with Gasteiger partial charge >= 0.3 is 0 Å². The maximum absolute atomic E-state index is 11.9. The largest absolute Gasteiger partial charge is 0.461 e. The van der Waals surface area contributed by atoms with E-state index in [0.717, 1.165) is 0 Å². The Kier molecular flexibility index (Phi) is 3.68. The second kappa shape index (κ2) is 5.25. The van der Waals surface area contributed by atoms with Gasteiger partial charge in [0.2, 0.25) is 5.76 Å². The predicted molar refractivity (Wildman–Crippen MR) is 64.2 cm³/mol. The molecule has 0 saturated heterocycles. The Bertz CT molecular complexity index is 542. The van der Waals surface area contributed by atoms with Gasteiger partial charge in [0.1, 0.15) is 0 Å². The van der Waals surface area contributed by atoms with Crippen molar-refractivity contribution in [2.45, 2.75) is 12.5 Å². The molecular weight excluding hydrogens is 252 g/mol. The highest BCUT2D eigenvalue weighted by molar-refractivity contribution is 5.93. The van der Waals surface area contributed by atoms with Crippen molar-refractivity contribution >= 4 is 5.91 Å². The van der Waals surface area contributed by atoms with Gasteiger partial charge in [0, 0.05) is 6.07 Å². The molecule has 102 valence electrons. The average Bonchev–Trinajstić information content (AvgIpc) is 3.08. The number of aliphatic hydroxyl groups is 2. The van der Waals surface area contributed by atoms with E-state index in [2.05, 4.69) is 10.5 Å². The van der Waals surface area contributed by atoms with Crippen molar-refractivity contribution < 1.29 is 23.9 Å². The molecule has 0 unspecified atom stereocenters. The molecule has 2 aromatic heterocycles. The van der Waals surface area contributed by atoms with E-state index in [0.29, 0.717) is 11.5 Å². The first-order valence-electron chi connectivity index (χ1n) is 5.63. The van der Waals surface area contributed by atoms with Gasteiger partial charge in [-0.15, -0.1) is 0 Å². The highest BCUT2D eigenvalue weighted by Crippen LogP contribution is 2.20. The van der Waals surface area contributed by atoms with Gasteiger partial charge in [-0.05, 0) is 19.1 Å². The van der Waals surface area contributed by atoms with Gasteiger partial charge in [-0.2, -0.15) is 0 Å². The van der Waals surface area contributed by atoms with E-state index in [-0.39, 0.29) is 5.69 Å². The first-order chi connectivity index (χ1) is 9.08. The highest BCUT2D eigenvalue weighted by Gasteiger charge is 2.26. The first-order valence-corrected chi connectivity index (χ1v) is 5.63. The van der Waals surface area contributed by atoms with E-state index in [4.69, 9.17) is 19.2 Å². The van der Waals surface area contributed by atoms with E-state index < -0.39 is 24.7 Å². The maximum Gasteiger partial charge on any atom is 0.274 e. The summed E-state index contributed by atoms with van der Waals surface area (Å²) in [7, 11) is 0. The summed E-state index contributed by atoms with van der Waals surface area (Å²) in [6.45, 7) is 0.731. The lowest BCUT2D eigenvalue weighted by Gasteiger charge is -2.25. The van der Waals surface area contributed by atoms with Gasteiger partial charge in [-0.3, -0.25) is 4.79 Å². The minimum atomic E-state index is -1.11. The summed E-state index contributed by atoms with van der Waals surface area (Å²) in [4.78, 5) is 11.9. The molecule has 0 fully saturated rings. The van der Waals surface area contributed by atoms with Gasteiger partial charge in [0.25, 0.3) is 5.91 Å². The van der Waals surface area contributed by atoms with Crippen molar-refractivity contribution in [2.24, 2.45) is 0 Å². The molecule has 2 heterocycles. The van der Waals surface area contributed by atoms with Crippen LogP contribution in [0.5, 0.6) is 0 Å². The topological polar surface area (TPSA) is 109 Å². The molecule has 0 spiro atoms. The van der Waals surface area contributed by atoms with Crippen molar-refractivity contribution in [3.63, 3.8) is 0 Å². The van der Waals surface area contributed by atoms with Crippen LogP contribution in [0.1, 0.15) is 17.4 Å². The SMILES string of the molecule is CC(CO)(CO)NC(=O)c1cc(-c2ccco2)on1. The Morgan fingerprint density at radius 3 is 2.74 bits per heavy atom. The quantitative estimate of drug-likeness (QED) is 0.723. The second-order valence-corrected chi connectivity index (χ2v) is 4.38. The number of nitrogens with one attached hydrogen (secondary N) is 1. The lowest BCUT2D eigenvalue weighted by Crippen LogP contribution is -2.51. The highest BCUT2D eigenvalue weighted by atomic mass is 16.5. The molecule has 0 aliphatic heterocycles. The molecule has 3 N–H and O–H groups in total. The number of rotatable bonds is 5. The van der Waals surface area contributed by atoms with Gasteiger partial charge in [-0.25, -0.2) is 0 Å². The van der Waals surface area contributed by atoms with E-state index in [1.807, 2.05) is 0 Å². The fourth-order valence-electron chi connectivity index (χ4n) is 1.38. The summed E-state index contributed by atoms with van der Waals surface area (Å²) in [5, 5.41) is 24.3. The molecule has 0 saturated carbocycles. The summed E-state index contributed by atoms with van der Waals surface area (Å²) in [5.41, 5.74) is -1.07. The first kappa shape index (κ1) is 13.3. The van der Waals surface area contributed by atoms with Crippen LogP contribution in [0.4, 0.5) is 0 Å². The monoisotopic (exact) mass is 266 g/mol. The average molecular weight is 266 g/mol. The normalized spacial score (nSPS) is 11.5. The van der Waals surface area contributed by atoms with Gasteiger partial charge in [0.15, 0.2) is 11.5 Å². The van der Waals surface area contributed by atoms with Crippen LogP contribution in [0.25, 0.3) is 11.5 Å². The third kappa shape index (κ3) is 2.83. The number of nitrogens with zero attached hydrogens (tertiary/aromatic N) is 1. The van der Waals surface area contributed by atoms with Crippen LogP contribution in [0.2, 0.25) is 0 Å². The van der Waals surface area contributed by atoms with Crippen molar-refractivity contribution in [2.75, 3.05) is 13.2 Å². The number of aliphatic hydroxyl groups excluding tert-OH is 2. The third-order valence-electron chi connectivity index (χ3n) is 2.62. The Hall–Kier alpha value is -2.12. The van der Waals surface area contributed by atoms with Crippen LogP contribution < -0.4 is 5.32 Å². The predicted octanol–water partition coefficient (Wildman–Crippen LogP) is 0.408. The molecule has 7 nitrogen and oxygen atoms in total. The van der Waals surface area contributed by atoms with Gasteiger partial charge < -0.3 is 24.5 Å². The number of hydrogen-bond donors (Lipinski definition) is 3. The zero-order valence-corrected chi connectivity index (χ0v) is 10.3. The number of hydrogen-bond acceptors (Lipinski definition) is 6. The summed E-state index contributed by atoms with van der Waals surface area (Å²) in [5.74, 6) is 0.232. The zero-order valence-electron chi connectivity index (χ0n) is 10.3. The summed E-state index contributed by atoms with van der Waals surface area (Å²) < 4.78 is 10.1. The van der Waals surface area contributed by atoms with Crippen LogP contribution in [0.15, 0.2) is 33.4 Å². The van der Waals surface area contributed by atoms with Crippen LogP contribution >= 0.6 is 0 Å². The second-order valence-electron chi connectivity index (χ2n) is 4.38. The molecule has 2 aromatic rings. The maximum atomic E-state index is 11.9. The summed E-state index contributed by atoms with van der Waals surface area (Å²) in [6.07, 6.45) is 1.48. The number of carbonyl (C=O) groups is 1. The van der Waals surface area contributed by atoms with Crippen molar-refractivity contribution in [1.29, 1.82) is 0 Å². The van der Waals surface area contributed by atoms with E-state index >= 15 is 0 Å². The Labute approximate surface area is 108 Å². The van der Waals surface area contributed by atoms with E-state index in [1.54, 1.807) is 12.1 Å². The van der Waals surface area contributed by atoms with E-state index in [1.165, 1.54) is 19.3 Å². The number of carbonyl (C=O) groups excluding carboxylic acids is 1. The third-order valence-corrected chi connectivity index (χ3v) is 2.62. The lowest BCUT2D eigenvalue weighted by atomic mass is 10.1. The van der Waals surface area contributed by atoms with E-state index in [9.17, 15) is 4.79 Å². The molecule has 7 heteroatoms. The lowest BCUT2D eigenvalue weighted by molar-refractivity contribution is 0.0716. The van der Waals surface area contributed by atoms with Crippen LogP contribution in [0.3, 0.4) is 0 Å². The standard InChI is InChI=1S/C12H14N2O5/c1-12(6-15,7-16)13-11(17)8-5-10(19-14-8)9-3-2-4-18-9/h2-5,15-16H,6-7H2,1H3,(H,13,17). The molecule has 0 aliphatic carbocycles. The Balaban J connectivity index is 2.13. The Morgan fingerprint density at radius 2 is 2.16 bits per heavy atom. The summed E-state index contributed by atoms with van der Waals surface area (Å²) in [6, 6.07) is 4.78. The fraction of sp³-hybridized carbons (Fsp3) is 0.333. The van der Waals surface area contributed by atoms with Crippen molar-refractivity contribution in [1.82, 2.24) is 10.5 Å². The summed E-state index contributed by atoms with van der Waals surface area (Å²) >= 11 is 0. The number of aromatic nitrogens is 1. The van der Waals surface area contributed by atoms with Gasteiger partial charge in [-0.1, -0.05) is 5.16 Å².